The molecule has 2 unspecified atom stereocenters. The van der Waals surface area contributed by atoms with Gasteiger partial charge >= 0.3 is 5.69 Å². The molecular weight excluding hydrogens is 274 g/mol. The lowest BCUT2D eigenvalue weighted by molar-refractivity contribution is -0.385. The van der Waals surface area contributed by atoms with Gasteiger partial charge in [-0.15, -0.1) is 0 Å². The fourth-order valence-electron chi connectivity index (χ4n) is 2.10. The van der Waals surface area contributed by atoms with Gasteiger partial charge < -0.3 is 15.3 Å². The molecule has 0 saturated carbocycles. The van der Waals surface area contributed by atoms with E-state index in [0.29, 0.717) is 6.54 Å². The molecule has 0 amide bonds. The number of aromatic nitrogens is 2. The highest BCUT2D eigenvalue weighted by Gasteiger charge is 2.13. The maximum atomic E-state index is 10.5. The first-order valence-electron chi connectivity index (χ1n) is 7.26. The molecule has 0 radical (unpaired) electrons. The fraction of sp³-hybridized carbons (Fsp3) is 0.769. The summed E-state index contributed by atoms with van der Waals surface area (Å²) in [6.07, 6.45) is 1.87. The summed E-state index contributed by atoms with van der Waals surface area (Å²) in [5.41, 5.74) is -0.0648. The number of aliphatic hydroxyl groups is 1. The number of nitro groups is 1. The maximum absolute atomic E-state index is 10.5. The van der Waals surface area contributed by atoms with Crippen molar-refractivity contribution in [1.29, 1.82) is 0 Å². The summed E-state index contributed by atoms with van der Waals surface area (Å²) >= 11 is 0. The smallest absolute Gasteiger partial charge is 0.306 e. The van der Waals surface area contributed by atoms with Gasteiger partial charge in [0.1, 0.15) is 12.4 Å². The zero-order valence-electron chi connectivity index (χ0n) is 12.9. The summed E-state index contributed by atoms with van der Waals surface area (Å²) in [7, 11) is 0. The SMILES string of the molecule is CCN(CC)CC(C)NCC(O)Cn1cc([N+](=O)[O-])cn1. The van der Waals surface area contributed by atoms with E-state index in [0.717, 1.165) is 19.6 Å². The van der Waals surface area contributed by atoms with E-state index in [-0.39, 0.29) is 18.3 Å². The lowest BCUT2D eigenvalue weighted by Gasteiger charge is -2.24. The van der Waals surface area contributed by atoms with Crippen LogP contribution in [-0.2, 0) is 6.54 Å². The Morgan fingerprint density at radius 2 is 2.19 bits per heavy atom. The molecule has 0 fully saturated rings. The second kappa shape index (κ2) is 8.71. The Bertz CT molecular complexity index is 433. The first kappa shape index (κ1) is 17.5. The van der Waals surface area contributed by atoms with E-state index >= 15 is 0 Å². The average molecular weight is 299 g/mol. The van der Waals surface area contributed by atoms with Gasteiger partial charge in [-0.1, -0.05) is 13.8 Å². The average Bonchev–Trinajstić information content (AvgIpc) is 2.91. The predicted molar refractivity (Wildman–Crippen MR) is 80.1 cm³/mol. The van der Waals surface area contributed by atoms with E-state index in [9.17, 15) is 15.2 Å². The first-order chi connectivity index (χ1) is 9.96. The van der Waals surface area contributed by atoms with Gasteiger partial charge in [-0.05, 0) is 20.0 Å². The van der Waals surface area contributed by atoms with Crippen molar-refractivity contribution < 1.29 is 10.0 Å². The molecule has 1 rings (SSSR count). The van der Waals surface area contributed by atoms with Crippen LogP contribution in [0.4, 0.5) is 5.69 Å². The van der Waals surface area contributed by atoms with Gasteiger partial charge in [0.25, 0.3) is 0 Å². The number of hydrogen-bond acceptors (Lipinski definition) is 6. The van der Waals surface area contributed by atoms with Crippen LogP contribution in [0.3, 0.4) is 0 Å². The molecule has 0 bridgehead atoms. The van der Waals surface area contributed by atoms with E-state index in [1.165, 1.54) is 17.1 Å². The molecule has 0 saturated heterocycles. The van der Waals surface area contributed by atoms with E-state index in [2.05, 4.69) is 36.1 Å². The highest BCUT2D eigenvalue weighted by Crippen LogP contribution is 2.08. The molecule has 0 aliphatic rings. The fourth-order valence-corrected chi connectivity index (χ4v) is 2.10. The molecule has 1 heterocycles. The van der Waals surface area contributed by atoms with Gasteiger partial charge in [0, 0.05) is 19.1 Å². The second-order valence-corrected chi connectivity index (χ2v) is 5.13. The molecule has 1 aromatic heterocycles. The van der Waals surface area contributed by atoms with Crippen molar-refractivity contribution in [2.45, 2.75) is 39.5 Å². The van der Waals surface area contributed by atoms with Crippen molar-refractivity contribution in [2.24, 2.45) is 0 Å². The number of rotatable bonds is 10. The molecule has 0 spiro atoms. The van der Waals surface area contributed by atoms with Gasteiger partial charge in [0.2, 0.25) is 0 Å². The van der Waals surface area contributed by atoms with Gasteiger partial charge in [0.15, 0.2) is 0 Å². The predicted octanol–water partition coefficient (Wildman–Crippen LogP) is 0.472. The Morgan fingerprint density at radius 1 is 1.52 bits per heavy atom. The number of likely N-dealkylation sites (N-methyl/N-ethyl adjacent to an activating group) is 1. The van der Waals surface area contributed by atoms with Crippen LogP contribution in [0.25, 0.3) is 0 Å². The van der Waals surface area contributed by atoms with Crippen molar-refractivity contribution in [1.82, 2.24) is 20.0 Å². The van der Waals surface area contributed by atoms with Crippen molar-refractivity contribution in [3.05, 3.63) is 22.5 Å². The van der Waals surface area contributed by atoms with Crippen LogP contribution in [0, 0.1) is 10.1 Å². The van der Waals surface area contributed by atoms with Crippen molar-refractivity contribution in [2.75, 3.05) is 26.2 Å². The third-order valence-corrected chi connectivity index (χ3v) is 3.36. The summed E-state index contributed by atoms with van der Waals surface area (Å²) in [6.45, 7) is 9.90. The summed E-state index contributed by atoms with van der Waals surface area (Å²) in [4.78, 5) is 12.4. The van der Waals surface area contributed by atoms with Crippen LogP contribution in [0.1, 0.15) is 20.8 Å². The largest absolute Gasteiger partial charge is 0.390 e. The molecule has 2 atom stereocenters. The van der Waals surface area contributed by atoms with Crippen LogP contribution in [0.2, 0.25) is 0 Å². The molecule has 2 N–H and O–H groups in total. The van der Waals surface area contributed by atoms with Gasteiger partial charge in [-0.3, -0.25) is 14.8 Å². The molecular formula is C13H25N5O3. The third-order valence-electron chi connectivity index (χ3n) is 3.36. The molecule has 8 heteroatoms. The number of nitrogens with one attached hydrogen (secondary N) is 1. The Hall–Kier alpha value is -1.51. The lowest BCUT2D eigenvalue weighted by Crippen LogP contribution is -2.42. The summed E-state index contributed by atoms with van der Waals surface area (Å²) < 4.78 is 1.39. The summed E-state index contributed by atoms with van der Waals surface area (Å²) in [5.74, 6) is 0. The Balaban J connectivity index is 2.32. The van der Waals surface area contributed by atoms with Crippen LogP contribution < -0.4 is 5.32 Å². The number of hydrogen-bond donors (Lipinski definition) is 2. The Morgan fingerprint density at radius 3 is 2.71 bits per heavy atom. The topological polar surface area (TPSA) is 96.5 Å². The maximum Gasteiger partial charge on any atom is 0.306 e. The quantitative estimate of drug-likeness (QED) is 0.481. The molecule has 1 aromatic rings. The van der Waals surface area contributed by atoms with Crippen molar-refractivity contribution >= 4 is 5.69 Å². The van der Waals surface area contributed by atoms with Crippen LogP contribution in [-0.4, -0.2) is 63.0 Å². The Kier molecular flexibility index (Phi) is 7.27. The Labute approximate surface area is 124 Å². The standard InChI is InChI=1S/C13H25N5O3/c1-4-16(5-2)8-11(3)14-7-13(19)10-17-9-12(6-15-17)18(20)21/h6,9,11,13-14,19H,4-5,7-8,10H2,1-3H3. The summed E-state index contributed by atoms with van der Waals surface area (Å²) in [6, 6.07) is 0.270. The lowest BCUT2D eigenvalue weighted by atomic mass is 10.2. The number of aliphatic hydroxyl groups excluding tert-OH is 1. The van der Waals surface area contributed by atoms with E-state index in [4.69, 9.17) is 0 Å². The molecule has 0 aromatic carbocycles. The third kappa shape index (κ3) is 6.19. The summed E-state index contributed by atoms with van der Waals surface area (Å²) in [5, 5.41) is 27.6. The monoisotopic (exact) mass is 299 g/mol. The second-order valence-electron chi connectivity index (χ2n) is 5.13. The van der Waals surface area contributed by atoms with Crippen molar-refractivity contribution in [3.8, 4) is 0 Å². The molecule has 8 nitrogen and oxygen atoms in total. The number of nitrogens with zero attached hydrogens (tertiary/aromatic N) is 4. The molecule has 120 valence electrons. The molecule has 0 aliphatic heterocycles. The van der Waals surface area contributed by atoms with Gasteiger partial charge in [-0.25, -0.2) is 0 Å². The van der Waals surface area contributed by atoms with Gasteiger partial charge in [0.05, 0.1) is 17.6 Å². The highest BCUT2D eigenvalue weighted by molar-refractivity contribution is 5.20. The highest BCUT2D eigenvalue weighted by atomic mass is 16.6. The van der Waals surface area contributed by atoms with Crippen LogP contribution in [0.15, 0.2) is 12.4 Å². The molecule has 0 aliphatic carbocycles. The van der Waals surface area contributed by atoms with Crippen LogP contribution >= 0.6 is 0 Å². The minimum Gasteiger partial charge on any atom is -0.390 e. The zero-order valence-corrected chi connectivity index (χ0v) is 12.9. The first-order valence-corrected chi connectivity index (χ1v) is 7.26. The zero-order chi connectivity index (χ0) is 15.8. The normalized spacial score (nSPS) is 14.3. The molecule has 21 heavy (non-hydrogen) atoms. The van der Waals surface area contributed by atoms with E-state index in [1.807, 2.05) is 0 Å². The van der Waals surface area contributed by atoms with Gasteiger partial charge in [-0.2, -0.15) is 5.10 Å². The van der Waals surface area contributed by atoms with Crippen molar-refractivity contribution in [3.63, 3.8) is 0 Å². The van der Waals surface area contributed by atoms with E-state index in [1.54, 1.807) is 0 Å². The minimum absolute atomic E-state index is 0.0648. The van der Waals surface area contributed by atoms with Crippen LogP contribution in [0.5, 0.6) is 0 Å². The van der Waals surface area contributed by atoms with E-state index < -0.39 is 11.0 Å². The minimum atomic E-state index is -0.636.